The van der Waals surface area contributed by atoms with Gasteiger partial charge < -0.3 is 39.2 Å². The zero-order chi connectivity index (χ0) is 29.9. The van der Waals surface area contributed by atoms with Crippen LogP contribution >= 0.6 is 7.82 Å². The lowest BCUT2D eigenvalue weighted by Gasteiger charge is -2.31. The lowest BCUT2D eigenvalue weighted by atomic mass is 9.96. The minimum atomic E-state index is -4.85. The smallest absolute Gasteiger partial charge is 0.497 e. The number of hydrogen-bond acceptors (Lipinski definition) is 12. The summed E-state index contributed by atoms with van der Waals surface area (Å²) in [5, 5.41) is 21.1. The van der Waals surface area contributed by atoms with Crippen molar-refractivity contribution in [1.29, 1.82) is 0 Å². The molecule has 0 spiro atoms. The molecule has 0 aliphatic carbocycles. The number of aliphatic hydroxyl groups is 2. The maximum absolute atomic E-state index is 14.5. The van der Waals surface area contributed by atoms with Crippen molar-refractivity contribution in [2.45, 2.75) is 30.5 Å². The van der Waals surface area contributed by atoms with Gasteiger partial charge in [-0.3, -0.25) is 9.09 Å². The summed E-state index contributed by atoms with van der Waals surface area (Å²) >= 11 is 0. The van der Waals surface area contributed by atoms with Gasteiger partial charge in [-0.15, -0.1) is 0 Å². The van der Waals surface area contributed by atoms with Crippen LogP contribution in [0.25, 0.3) is 0 Å². The van der Waals surface area contributed by atoms with E-state index in [4.69, 9.17) is 33.5 Å². The highest BCUT2D eigenvalue weighted by atomic mass is 31.2. The predicted molar refractivity (Wildman–Crippen MR) is 135 cm³/mol. The molecule has 0 amide bonds. The van der Waals surface area contributed by atoms with Crippen LogP contribution in [0.5, 0.6) is 23.0 Å². The average Bonchev–Trinajstić information content (AvgIpc) is 3.21. The van der Waals surface area contributed by atoms with Crippen LogP contribution in [-0.2, 0) is 13.8 Å². The van der Waals surface area contributed by atoms with Crippen molar-refractivity contribution >= 4 is 13.6 Å². The lowest BCUT2D eigenvalue weighted by Crippen LogP contribution is -2.52. The van der Waals surface area contributed by atoms with Crippen LogP contribution in [0.1, 0.15) is 6.23 Å². The molecule has 41 heavy (non-hydrogen) atoms. The molecule has 1 saturated heterocycles. The summed E-state index contributed by atoms with van der Waals surface area (Å²) < 4.78 is 88.5. The number of nitrogens with zero attached hydrogens (tertiary/aromatic N) is 2. The number of phosphoric acid groups is 1. The van der Waals surface area contributed by atoms with E-state index in [0.717, 1.165) is 0 Å². The van der Waals surface area contributed by atoms with E-state index >= 15 is 0 Å². The molecule has 1 aliphatic heterocycles. The molecule has 1 fully saturated rings. The van der Waals surface area contributed by atoms with Crippen LogP contribution in [0.3, 0.4) is 0 Å². The average molecular weight is 603 g/mol. The van der Waals surface area contributed by atoms with Gasteiger partial charge in [0.05, 0.1) is 27.0 Å². The van der Waals surface area contributed by atoms with Crippen molar-refractivity contribution in [2.24, 2.45) is 0 Å². The number of methoxy groups -OCH3 is 2. The second-order valence-electron chi connectivity index (χ2n) is 8.62. The van der Waals surface area contributed by atoms with Crippen molar-refractivity contribution in [3.05, 3.63) is 71.0 Å². The first-order chi connectivity index (χ1) is 19.4. The standard InChI is InChI=1S/C24H25F3N3O10P/c1-35-13-3-7-15(8-4-13)39-41(34,40-16-9-5-14(36-2)6-10-16)37-12-24(22(26)27)19(32)18(31)21(38-24)30-11-17(25)20(28)29-23(30)33/h3-11,18-19,21-22,31-32H,12H2,1-2H3,(H2,28,29,33)/t18-,19+,21-,24-/m1/s1. The first kappa shape index (κ1) is 30.1. The van der Waals surface area contributed by atoms with Crippen LogP contribution in [0.15, 0.2) is 59.5 Å². The SMILES string of the molecule is COc1ccc(OP(=O)(OC[C@@]2(C(F)F)O[C@@H](n3cc(F)c(N)nc3=O)[C@H](O)[C@@H]2O)Oc2ccc(OC)cc2)cc1. The van der Waals surface area contributed by atoms with E-state index < -0.39 is 62.2 Å². The van der Waals surface area contributed by atoms with Gasteiger partial charge in [0.2, 0.25) is 0 Å². The van der Waals surface area contributed by atoms with Crippen LogP contribution in [-0.4, -0.2) is 64.8 Å². The second-order valence-corrected chi connectivity index (χ2v) is 10.1. The number of phosphoric ester groups is 1. The van der Waals surface area contributed by atoms with E-state index in [0.29, 0.717) is 22.3 Å². The third kappa shape index (κ3) is 6.26. The molecule has 0 saturated carbocycles. The molecular weight excluding hydrogens is 578 g/mol. The molecule has 2 heterocycles. The zero-order valence-corrected chi connectivity index (χ0v) is 22.3. The highest BCUT2D eigenvalue weighted by Gasteiger charge is 2.62. The summed E-state index contributed by atoms with van der Waals surface area (Å²) in [4.78, 5) is 15.4. The molecule has 4 rings (SSSR count). The molecule has 0 radical (unpaired) electrons. The number of halogens is 3. The largest absolute Gasteiger partial charge is 0.587 e. The molecule has 222 valence electrons. The normalized spacial score (nSPS) is 22.5. The second kappa shape index (κ2) is 12.0. The van der Waals surface area contributed by atoms with Crippen LogP contribution in [0.4, 0.5) is 19.0 Å². The van der Waals surface area contributed by atoms with E-state index in [1.807, 2.05) is 0 Å². The Hall–Kier alpha value is -3.82. The molecule has 1 aliphatic rings. The van der Waals surface area contributed by atoms with E-state index in [9.17, 15) is 32.7 Å². The lowest BCUT2D eigenvalue weighted by molar-refractivity contribution is -0.193. The van der Waals surface area contributed by atoms with E-state index in [-0.39, 0.29) is 11.5 Å². The number of alkyl halides is 2. The molecule has 4 atom stereocenters. The number of rotatable bonds is 11. The number of nitrogen functional groups attached to an aromatic ring is 1. The van der Waals surface area contributed by atoms with Gasteiger partial charge in [-0.2, -0.15) is 4.98 Å². The summed E-state index contributed by atoms with van der Waals surface area (Å²) in [6.07, 6.45) is -9.83. The van der Waals surface area contributed by atoms with E-state index in [1.54, 1.807) is 0 Å². The molecule has 1 aromatic heterocycles. The number of aliphatic hydroxyl groups excluding tert-OH is 2. The Kier molecular flexibility index (Phi) is 8.80. The fourth-order valence-electron chi connectivity index (χ4n) is 3.82. The summed E-state index contributed by atoms with van der Waals surface area (Å²) in [6, 6.07) is 11.2. The molecule has 17 heteroatoms. The first-order valence-electron chi connectivity index (χ1n) is 11.7. The Balaban J connectivity index is 1.65. The quantitative estimate of drug-likeness (QED) is 0.274. The van der Waals surface area contributed by atoms with Gasteiger partial charge in [0.1, 0.15) is 35.2 Å². The Morgan fingerprint density at radius 1 is 1.02 bits per heavy atom. The third-order valence-corrected chi connectivity index (χ3v) is 7.35. The summed E-state index contributed by atoms with van der Waals surface area (Å²) in [5.41, 5.74) is 0.886. The van der Waals surface area contributed by atoms with Crippen LogP contribution in [0, 0.1) is 5.82 Å². The number of ether oxygens (including phenoxy) is 3. The summed E-state index contributed by atoms with van der Waals surface area (Å²) in [5.74, 6) is -1.30. The minimum absolute atomic E-state index is 0.0745. The molecule has 3 aromatic rings. The van der Waals surface area contributed by atoms with Crippen LogP contribution < -0.4 is 29.9 Å². The van der Waals surface area contributed by atoms with Gasteiger partial charge in [0, 0.05) is 0 Å². The summed E-state index contributed by atoms with van der Waals surface area (Å²) in [7, 11) is -2.02. The van der Waals surface area contributed by atoms with Gasteiger partial charge >= 0.3 is 13.5 Å². The van der Waals surface area contributed by atoms with Gasteiger partial charge in [-0.1, -0.05) is 0 Å². The minimum Gasteiger partial charge on any atom is -0.497 e. The Morgan fingerprint density at radius 2 is 1.51 bits per heavy atom. The molecule has 4 N–H and O–H groups in total. The van der Waals surface area contributed by atoms with Crippen molar-refractivity contribution < 1.29 is 55.7 Å². The number of benzene rings is 2. The first-order valence-corrected chi connectivity index (χ1v) is 13.2. The fraction of sp³-hybridized carbons (Fsp3) is 0.333. The number of nitrogens with two attached hydrogens (primary N) is 1. The Morgan fingerprint density at radius 3 is 1.98 bits per heavy atom. The molecule has 13 nitrogen and oxygen atoms in total. The maximum Gasteiger partial charge on any atom is 0.587 e. The highest BCUT2D eigenvalue weighted by molar-refractivity contribution is 7.49. The number of hydrogen-bond donors (Lipinski definition) is 3. The molecule has 2 aromatic carbocycles. The van der Waals surface area contributed by atoms with Crippen LogP contribution in [0.2, 0.25) is 0 Å². The topological polar surface area (TPSA) is 174 Å². The zero-order valence-electron chi connectivity index (χ0n) is 21.4. The Bertz CT molecular complexity index is 1410. The summed E-state index contributed by atoms with van der Waals surface area (Å²) in [6.45, 7) is -1.39. The van der Waals surface area contributed by atoms with Gasteiger partial charge in [-0.05, 0) is 48.5 Å². The number of anilines is 1. The van der Waals surface area contributed by atoms with Gasteiger partial charge in [0.15, 0.2) is 23.5 Å². The Labute approximate surface area is 230 Å². The van der Waals surface area contributed by atoms with Gasteiger partial charge in [0.25, 0.3) is 6.43 Å². The number of aromatic nitrogens is 2. The van der Waals surface area contributed by atoms with Crippen molar-refractivity contribution in [3.8, 4) is 23.0 Å². The monoisotopic (exact) mass is 603 g/mol. The van der Waals surface area contributed by atoms with Crippen molar-refractivity contribution in [1.82, 2.24) is 9.55 Å². The van der Waals surface area contributed by atoms with E-state index in [1.165, 1.54) is 62.8 Å². The third-order valence-electron chi connectivity index (χ3n) is 6.04. The van der Waals surface area contributed by atoms with Gasteiger partial charge in [-0.25, -0.2) is 22.5 Å². The van der Waals surface area contributed by atoms with E-state index in [2.05, 4.69) is 4.98 Å². The van der Waals surface area contributed by atoms with Crippen molar-refractivity contribution in [2.75, 3.05) is 26.6 Å². The molecule has 0 unspecified atom stereocenters. The highest BCUT2D eigenvalue weighted by Crippen LogP contribution is 2.52. The predicted octanol–water partition coefficient (Wildman–Crippen LogP) is 2.52. The van der Waals surface area contributed by atoms with Crippen molar-refractivity contribution in [3.63, 3.8) is 0 Å². The molecular formula is C24H25F3N3O10P. The fourth-order valence-corrected chi connectivity index (χ4v) is 5.08. The molecule has 0 bridgehead atoms. The maximum atomic E-state index is 14.5.